The zero-order valence-corrected chi connectivity index (χ0v) is 22.1. The van der Waals surface area contributed by atoms with Crippen LogP contribution in [0.5, 0.6) is 5.75 Å². The van der Waals surface area contributed by atoms with Gasteiger partial charge in [0.1, 0.15) is 12.4 Å². The normalized spacial score (nSPS) is 24.6. The molecule has 0 bridgehead atoms. The van der Waals surface area contributed by atoms with Crippen molar-refractivity contribution in [1.29, 1.82) is 0 Å². The molecule has 9 heteroatoms. The number of amides is 4. The monoisotopic (exact) mass is 530 g/mol. The number of rotatable bonds is 7. The molecule has 2 saturated heterocycles. The quantitative estimate of drug-likeness (QED) is 0.307. The van der Waals surface area contributed by atoms with Gasteiger partial charge in [0.05, 0.1) is 23.4 Å². The highest BCUT2D eigenvalue weighted by molar-refractivity contribution is 6.23. The molecule has 9 nitrogen and oxygen atoms in total. The lowest BCUT2D eigenvalue weighted by atomic mass is 9.71. The minimum atomic E-state index is -0.585. The molecule has 3 aliphatic rings. The number of allylic oxidation sites excluding steroid dienone is 1. The topological polar surface area (TPSA) is 110 Å². The zero-order chi connectivity index (χ0) is 27.8. The van der Waals surface area contributed by atoms with Crippen LogP contribution in [0.1, 0.15) is 30.9 Å². The van der Waals surface area contributed by atoms with Gasteiger partial charge in [-0.25, -0.2) is 9.69 Å². The van der Waals surface area contributed by atoms with Crippen molar-refractivity contribution in [2.24, 2.45) is 23.7 Å². The van der Waals surface area contributed by atoms with Crippen LogP contribution in [-0.2, 0) is 35.3 Å². The average molecular weight is 531 g/mol. The van der Waals surface area contributed by atoms with E-state index in [2.05, 4.69) is 0 Å². The minimum absolute atomic E-state index is 0.119. The number of fused-ring (bicyclic) bond motifs is 1. The third-order valence-electron chi connectivity index (χ3n) is 7.83. The van der Waals surface area contributed by atoms with E-state index in [0.29, 0.717) is 17.9 Å². The molecular formula is C30H30N2O7. The summed E-state index contributed by atoms with van der Waals surface area (Å²) in [6.07, 6.45) is 2.35. The van der Waals surface area contributed by atoms with E-state index in [0.717, 1.165) is 21.6 Å². The lowest BCUT2D eigenvalue weighted by Gasteiger charge is -2.29. The maximum atomic E-state index is 13.4. The molecule has 0 spiro atoms. The molecule has 39 heavy (non-hydrogen) atoms. The molecule has 0 radical (unpaired) electrons. The number of imide groups is 2. The van der Waals surface area contributed by atoms with E-state index in [-0.39, 0.29) is 49.2 Å². The molecule has 2 aliphatic heterocycles. The Morgan fingerprint density at radius 2 is 1.59 bits per heavy atom. The summed E-state index contributed by atoms with van der Waals surface area (Å²) >= 11 is 0. The fourth-order valence-electron chi connectivity index (χ4n) is 5.66. The van der Waals surface area contributed by atoms with E-state index in [9.17, 15) is 24.0 Å². The average Bonchev–Trinajstić information content (AvgIpc) is 3.33. The Bertz CT molecular complexity index is 1360. The maximum Gasteiger partial charge on any atom is 0.344 e. The van der Waals surface area contributed by atoms with E-state index < -0.39 is 23.7 Å². The van der Waals surface area contributed by atoms with Gasteiger partial charge in [-0.2, -0.15) is 0 Å². The molecule has 0 aromatic heterocycles. The van der Waals surface area contributed by atoms with Crippen LogP contribution in [0.15, 0.2) is 60.2 Å². The number of likely N-dealkylation sites (tertiary alicyclic amines) is 1. The molecule has 0 N–H and O–H groups in total. The smallest absolute Gasteiger partial charge is 0.344 e. The number of carbonyl (C=O) groups excluding carboxylic acids is 5. The molecule has 4 unspecified atom stereocenters. The SMILES string of the molecule is CC1=CC(C2CC(=O)N(C)C2=O)CC2C(=O)N(c3ccc(OCC(=O)OCc4ccc(C)cc4)cc3)C(=O)C12. The Balaban J connectivity index is 1.20. The van der Waals surface area contributed by atoms with Gasteiger partial charge in [0.15, 0.2) is 6.61 Å². The largest absolute Gasteiger partial charge is 0.482 e. The Morgan fingerprint density at radius 3 is 2.23 bits per heavy atom. The molecule has 2 fully saturated rings. The number of nitrogens with zero attached hydrogens (tertiary/aromatic N) is 2. The van der Waals surface area contributed by atoms with Crippen LogP contribution in [0, 0.1) is 30.6 Å². The predicted molar refractivity (Wildman–Crippen MR) is 140 cm³/mol. The third-order valence-corrected chi connectivity index (χ3v) is 7.83. The first-order valence-electron chi connectivity index (χ1n) is 12.9. The number of esters is 1. The second-order valence-corrected chi connectivity index (χ2v) is 10.4. The van der Waals surface area contributed by atoms with Gasteiger partial charge >= 0.3 is 5.97 Å². The van der Waals surface area contributed by atoms with Gasteiger partial charge in [-0.15, -0.1) is 0 Å². The highest BCUT2D eigenvalue weighted by Crippen LogP contribution is 2.45. The van der Waals surface area contributed by atoms with Crippen molar-refractivity contribution in [3.8, 4) is 5.75 Å². The van der Waals surface area contributed by atoms with E-state index in [1.165, 1.54) is 11.9 Å². The lowest BCUT2D eigenvalue weighted by Crippen LogP contribution is -2.33. The summed E-state index contributed by atoms with van der Waals surface area (Å²) in [6, 6.07) is 14.1. The van der Waals surface area contributed by atoms with Crippen molar-refractivity contribution in [2.75, 3.05) is 18.6 Å². The number of ether oxygens (including phenoxy) is 2. The molecule has 4 amide bonds. The lowest BCUT2D eigenvalue weighted by molar-refractivity contribution is -0.147. The molecule has 2 heterocycles. The van der Waals surface area contributed by atoms with Gasteiger partial charge in [-0.05, 0) is 56.0 Å². The predicted octanol–water partition coefficient (Wildman–Crippen LogP) is 3.19. The Hall–Kier alpha value is -4.27. The molecule has 0 saturated carbocycles. The van der Waals surface area contributed by atoms with Crippen LogP contribution in [-0.4, -0.2) is 48.2 Å². The van der Waals surface area contributed by atoms with Crippen LogP contribution in [0.2, 0.25) is 0 Å². The molecule has 4 atom stereocenters. The summed E-state index contributed by atoms with van der Waals surface area (Å²) in [6.45, 7) is 3.66. The minimum Gasteiger partial charge on any atom is -0.482 e. The summed E-state index contributed by atoms with van der Waals surface area (Å²) in [7, 11) is 1.47. The van der Waals surface area contributed by atoms with Crippen LogP contribution >= 0.6 is 0 Å². The van der Waals surface area contributed by atoms with Gasteiger partial charge < -0.3 is 9.47 Å². The first-order valence-corrected chi connectivity index (χ1v) is 12.9. The zero-order valence-electron chi connectivity index (χ0n) is 22.1. The molecular weight excluding hydrogens is 500 g/mol. The molecule has 2 aromatic carbocycles. The summed E-state index contributed by atoms with van der Waals surface area (Å²) in [5.74, 6) is -3.16. The highest BCUT2D eigenvalue weighted by atomic mass is 16.6. The number of hydrogen-bond acceptors (Lipinski definition) is 7. The van der Waals surface area contributed by atoms with E-state index in [1.54, 1.807) is 31.2 Å². The second kappa shape index (κ2) is 10.5. The van der Waals surface area contributed by atoms with Crippen molar-refractivity contribution in [3.05, 3.63) is 71.3 Å². The van der Waals surface area contributed by atoms with Gasteiger partial charge in [0.2, 0.25) is 23.6 Å². The number of anilines is 1. The Morgan fingerprint density at radius 1 is 0.897 bits per heavy atom. The second-order valence-electron chi connectivity index (χ2n) is 10.4. The summed E-state index contributed by atoms with van der Waals surface area (Å²) < 4.78 is 10.8. The maximum absolute atomic E-state index is 13.4. The van der Waals surface area contributed by atoms with Gasteiger partial charge in [-0.1, -0.05) is 41.5 Å². The van der Waals surface area contributed by atoms with Crippen molar-refractivity contribution < 1.29 is 33.4 Å². The Labute approximate surface area is 226 Å². The number of carbonyl (C=O) groups is 5. The first-order chi connectivity index (χ1) is 18.6. The third kappa shape index (κ3) is 5.08. The fraction of sp³-hybridized carbons (Fsp3) is 0.367. The van der Waals surface area contributed by atoms with Crippen LogP contribution < -0.4 is 9.64 Å². The number of aryl methyl sites for hydroxylation is 1. The summed E-state index contributed by atoms with van der Waals surface area (Å²) in [4.78, 5) is 65.7. The molecule has 1 aliphatic carbocycles. The van der Waals surface area contributed by atoms with Crippen molar-refractivity contribution in [2.45, 2.75) is 33.3 Å². The summed E-state index contributed by atoms with van der Waals surface area (Å²) in [5.41, 5.74) is 3.15. The van der Waals surface area contributed by atoms with Gasteiger partial charge in [-0.3, -0.25) is 24.1 Å². The summed E-state index contributed by atoms with van der Waals surface area (Å²) in [5, 5.41) is 0. The van der Waals surface area contributed by atoms with Gasteiger partial charge in [0, 0.05) is 13.5 Å². The van der Waals surface area contributed by atoms with Crippen molar-refractivity contribution >= 4 is 35.3 Å². The van der Waals surface area contributed by atoms with Crippen molar-refractivity contribution in [3.63, 3.8) is 0 Å². The molecule has 5 rings (SSSR count). The molecule has 2 aromatic rings. The van der Waals surface area contributed by atoms with Crippen LogP contribution in [0.3, 0.4) is 0 Å². The van der Waals surface area contributed by atoms with E-state index >= 15 is 0 Å². The van der Waals surface area contributed by atoms with Gasteiger partial charge in [0.25, 0.3) is 0 Å². The number of hydrogen-bond donors (Lipinski definition) is 0. The van der Waals surface area contributed by atoms with Crippen LogP contribution in [0.25, 0.3) is 0 Å². The number of benzene rings is 2. The first kappa shape index (κ1) is 26.3. The fourth-order valence-corrected chi connectivity index (χ4v) is 5.66. The molecule has 202 valence electrons. The Kier molecular flexibility index (Phi) is 7.08. The highest BCUT2D eigenvalue weighted by Gasteiger charge is 2.53. The van der Waals surface area contributed by atoms with E-state index in [4.69, 9.17) is 9.47 Å². The standard InChI is InChI=1S/C30H30N2O7/c1-17-4-6-19(7-5-17)15-39-26(34)16-38-22-10-8-21(9-11-22)32-29(36)24-13-20(12-18(2)27(24)30(32)37)23-14-25(33)31(3)28(23)35/h4-12,20,23-24,27H,13-16H2,1-3H3. The van der Waals surface area contributed by atoms with Crippen molar-refractivity contribution in [1.82, 2.24) is 4.90 Å². The van der Waals surface area contributed by atoms with Crippen LogP contribution in [0.4, 0.5) is 5.69 Å². The van der Waals surface area contributed by atoms with E-state index in [1.807, 2.05) is 37.3 Å².